The molecule has 3 nitrogen and oxygen atoms in total. The summed E-state index contributed by atoms with van der Waals surface area (Å²) in [5.74, 6) is 0. The van der Waals surface area contributed by atoms with Crippen LogP contribution in [0.25, 0.3) is 10.2 Å². The van der Waals surface area contributed by atoms with Crippen LogP contribution in [0.3, 0.4) is 0 Å². The predicted molar refractivity (Wildman–Crippen MR) is 74.2 cm³/mol. The number of piperazine rings is 1. The Balaban J connectivity index is 2.03. The quantitative estimate of drug-likeness (QED) is 0.838. The number of benzene rings is 1. The molecule has 1 aromatic heterocycles. The van der Waals surface area contributed by atoms with Crippen LogP contribution in [0.15, 0.2) is 12.1 Å². The number of aromatic nitrogens is 1. The highest BCUT2D eigenvalue weighted by atomic mass is 32.1. The van der Waals surface area contributed by atoms with Crippen LogP contribution in [0.4, 0.5) is 5.13 Å². The van der Waals surface area contributed by atoms with E-state index in [1.165, 1.54) is 21.0 Å². The summed E-state index contributed by atoms with van der Waals surface area (Å²) in [7, 11) is 0. The van der Waals surface area contributed by atoms with Crippen molar-refractivity contribution in [1.82, 2.24) is 10.3 Å². The molecule has 0 atom stereocenters. The molecule has 0 saturated carbocycles. The molecule has 1 fully saturated rings. The van der Waals surface area contributed by atoms with Crippen LogP contribution in [-0.2, 0) is 0 Å². The van der Waals surface area contributed by atoms with Crippen LogP contribution in [-0.4, -0.2) is 31.2 Å². The van der Waals surface area contributed by atoms with Crippen molar-refractivity contribution in [1.29, 1.82) is 0 Å². The third-order valence-electron chi connectivity index (χ3n) is 3.20. The average molecular weight is 247 g/mol. The molecule has 0 spiro atoms. The van der Waals surface area contributed by atoms with Crippen molar-refractivity contribution in [3.63, 3.8) is 0 Å². The fraction of sp³-hybridized carbons (Fsp3) is 0.462. The third kappa shape index (κ3) is 2.03. The standard InChI is InChI=1S/C13H17N3S/c1-9-7-10(2)12-11(8-9)15-13(17-12)16-5-3-14-4-6-16/h7-8,14H,3-6H2,1-2H3. The average Bonchev–Trinajstić information content (AvgIpc) is 2.74. The largest absolute Gasteiger partial charge is 0.346 e. The van der Waals surface area contributed by atoms with Crippen LogP contribution < -0.4 is 10.2 Å². The Morgan fingerprint density at radius 3 is 2.76 bits per heavy atom. The summed E-state index contributed by atoms with van der Waals surface area (Å²) in [5, 5.41) is 4.55. The number of hydrogen-bond donors (Lipinski definition) is 1. The minimum atomic E-state index is 1.06. The highest BCUT2D eigenvalue weighted by molar-refractivity contribution is 7.22. The Kier molecular flexibility index (Phi) is 2.76. The number of fused-ring (bicyclic) bond motifs is 1. The van der Waals surface area contributed by atoms with Crippen LogP contribution in [0.1, 0.15) is 11.1 Å². The van der Waals surface area contributed by atoms with Crippen molar-refractivity contribution >= 4 is 26.7 Å². The van der Waals surface area contributed by atoms with Gasteiger partial charge in [-0.05, 0) is 31.0 Å². The van der Waals surface area contributed by atoms with E-state index in [9.17, 15) is 0 Å². The minimum Gasteiger partial charge on any atom is -0.346 e. The second kappa shape index (κ2) is 4.27. The van der Waals surface area contributed by atoms with Gasteiger partial charge < -0.3 is 10.2 Å². The van der Waals surface area contributed by atoms with Gasteiger partial charge in [-0.1, -0.05) is 17.4 Å². The Morgan fingerprint density at radius 1 is 1.24 bits per heavy atom. The molecule has 3 rings (SSSR count). The summed E-state index contributed by atoms with van der Waals surface area (Å²) < 4.78 is 1.34. The Hall–Kier alpha value is -1.13. The van der Waals surface area contributed by atoms with Gasteiger partial charge in [-0.3, -0.25) is 0 Å². The van der Waals surface area contributed by atoms with E-state index in [0.29, 0.717) is 0 Å². The number of nitrogens with one attached hydrogen (secondary N) is 1. The second-order valence-electron chi connectivity index (χ2n) is 4.66. The fourth-order valence-corrected chi connectivity index (χ4v) is 3.42. The normalized spacial score (nSPS) is 16.7. The third-order valence-corrected chi connectivity index (χ3v) is 4.46. The molecule has 1 aliphatic rings. The van der Waals surface area contributed by atoms with E-state index < -0.39 is 0 Å². The van der Waals surface area contributed by atoms with Gasteiger partial charge in [-0.25, -0.2) is 4.98 Å². The molecule has 0 radical (unpaired) electrons. The van der Waals surface area contributed by atoms with Gasteiger partial charge in [0.05, 0.1) is 10.2 Å². The van der Waals surface area contributed by atoms with E-state index in [1.807, 2.05) is 11.3 Å². The lowest BCUT2D eigenvalue weighted by molar-refractivity contribution is 0.588. The van der Waals surface area contributed by atoms with Gasteiger partial charge in [-0.2, -0.15) is 0 Å². The van der Waals surface area contributed by atoms with Gasteiger partial charge >= 0.3 is 0 Å². The second-order valence-corrected chi connectivity index (χ2v) is 5.64. The summed E-state index contributed by atoms with van der Waals surface area (Å²) in [4.78, 5) is 7.16. The van der Waals surface area contributed by atoms with Crippen molar-refractivity contribution < 1.29 is 0 Å². The highest BCUT2D eigenvalue weighted by Crippen LogP contribution is 2.31. The van der Waals surface area contributed by atoms with E-state index in [0.717, 1.165) is 31.7 Å². The monoisotopic (exact) mass is 247 g/mol. The van der Waals surface area contributed by atoms with Crippen molar-refractivity contribution in [2.45, 2.75) is 13.8 Å². The molecule has 1 aromatic carbocycles. The molecule has 0 amide bonds. The molecule has 0 unspecified atom stereocenters. The van der Waals surface area contributed by atoms with Crippen molar-refractivity contribution in [3.8, 4) is 0 Å². The molecule has 4 heteroatoms. The van der Waals surface area contributed by atoms with Gasteiger partial charge in [0.1, 0.15) is 0 Å². The zero-order valence-corrected chi connectivity index (χ0v) is 11.1. The maximum absolute atomic E-state index is 4.77. The summed E-state index contributed by atoms with van der Waals surface area (Å²) in [6, 6.07) is 4.42. The molecule has 2 aromatic rings. The van der Waals surface area contributed by atoms with Crippen LogP contribution in [0.2, 0.25) is 0 Å². The Labute approximate surface area is 105 Å². The highest BCUT2D eigenvalue weighted by Gasteiger charge is 2.15. The van der Waals surface area contributed by atoms with E-state index in [2.05, 4.69) is 36.2 Å². The topological polar surface area (TPSA) is 28.2 Å². The fourth-order valence-electron chi connectivity index (χ4n) is 2.36. The summed E-state index contributed by atoms with van der Waals surface area (Å²) in [6.07, 6.45) is 0. The molecular weight excluding hydrogens is 230 g/mol. The Bertz CT molecular complexity index is 541. The van der Waals surface area contributed by atoms with Crippen molar-refractivity contribution in [2.75, 3.05) is 31.1 Å². The molecule has 1 aliphatic heterocycles. The van der Waals surface area contributed by atoms with Gasteiger partial charge in [-0.15, -0.1) is 0 Å². The summed E-state index contributed by atoms with van der Waals surface area (Å²) >= 11 is 1.83. The predicted octanol–water partition coefficient (Wildman–Crippen LogP) is 2.32. The van der Waals surface area contributed by atoms with Crippen molar-refractivity contribution in [2.24, 2.45) is 0 Å². The zero-order chi connectivity index (χ0) is 11.8. The van der Waals surface area contributed by atoms with E-state index in [1.54, 1.807) is 0 Å². The molecule has 2 heterocycles. The first-order chi connectivity index (χ1) is 8.24. The molecule has 0 aliphatic carbocycles. The first-order valence-electron chi connectivity index (χ1n) is 6.07. The first kappa shape index (κ1) is 11.0. The van der Waals surface area contributed by atoms with Gasteiger partial charge in [0.2, 0.25) is 0 Å². The molecule has 90 valence electrons. The zero-order valence-electron chi connectivity index (χ0n) is 10.3. The van der Waals surface area contributed by atoms with Crippen LogP contribution in [0.5, 0.6) is 0 Å². The van der Waals surface area contributed by atoms with Crippen molar-refractivity contribution in [3.05, 3.63) is 23.3 Å². The molecule has 1 saturated heterocycles. The smallest absolute Gasteiger partial charge is 0.186 e. The van der Waals surface area contributed by atoms with Crippen LogP contribution >= 0.6 is 11.3 Å². The molecule has 17 heavy (non-hydrogen) atoms. The maximum atomic E-state index is 4.77. The minimum absolute atomic E-state index is 1.06. The van der Waals surface area contributed by atoms with Gasteiger partial charge in [0.15, 0.2) is 5.13 Å². The van der Waals surface area contributed by atoms with E-state index >= 15 is 0 Å². The lowest BCUT2D eigenvalue weighted by Gasteiger charge is -2.26. The Morgan fingerprint density at radius 2 is 2.00 bits per heavy atom. The summed E-state index contributed by atoms with van der Waals surface area (Å²) in [5.41, 5.74) is 3.80. The lowest BCUT2D eigenvalue weighted by Crippen LogP contribution is -2.43. The number of aryl methyl sites for hydroxylation is 2. The lowest BCUT2D eigenvalue weighted by atomic mass is 10.1. The first-order valence-corrected chi connectivity index (χ1v) is 6.89. The maximum Gasteiger partial charge on any atom is 0.186 e. The number of thiazole rings is 1. The van der Waals surface area contributed by atoms with E-state index in [4.69, 9.17) is 4.98 Å². The number of anilines is 1. The number of nitrogens with zero attached hydrogens (tertiary/aromatic N) is 2. The number of rotatable bonds is 1. The van der Waals surface area contributed by atoms with E-state index in [-0.39, 0.29) is 0 Å². The SMILES string of the molecule is Cc1cc(C)c2sc(N3CCNCC3)nc2c1. The number of hydrogen-bond acceptors (Lipinski definition) is 4. The van der Waals surface area contributed by atoms with Gasteiger partial charge in [0, 0.05) is 26.2 Å². The van der Waals surface area contributed by atoms with Gasteiger partial charge in [0.25, 0.3) is 0 Å². The summed E-state index contributed by atoms with van der Waals surface area (Å²) in [6.45, 7) is 8.57. The molecule has 1 N–H and O–H groups in total. The molecule has 0 bridgehead atoms. The van der Waals surface area contributed by atoms with Crippen LogP contribution in [0, 0.1) is 13.8 Å². The molecular formula is C13H17N3S.